The van der Waals surface area contributed by atoms with Gasteiger partial charge in [0.2, 0.25) is 5.91 Å². The van der Waals surface area contributed by atoms with E-state index in [9.17, 15) is 14.7 Å². The number of carbonyl (C=O) groups is 2. The molecule has 1 aromatic heterocycles. The summed E-state index contributed by atoms with van der Waals surface area (Å²) in [4.78, 5) is 24.5. The van der Waals surface area contributed by atoms with Crippen LogP contribution in [0, 0.1) is 5.92 Å². The molecular weight excluding hydrogens is 342 g/mol. The second-order valence-electron chi connectivity index (χ2n) is 5.48. The van der Waals surface area contributed by atoms with Gasteiger partial charge >= 0.3 is 5.97 Å². The zero-order chi connectivity index (χ0) is 14.8. The van der Waals surface area contributed by atoms with Crippen LogP contribution in [0.15, 0.2) is 15.9 Å². The Morgan fingerprint density at radius 1 is 1.50 bits per heavy atom. The van der Waals surface area contributed by atoms with Crippen molar-refractivity contribution in [2.24, 2.45) is 5.92 Å². The molecule has 110 valence electrons. The molecule has 0 spiro atoms. The van der Waals surface area contributed by atoms with Gasteiger partial charge in [-0.2, -0.15) is 0 Å². The predicted molar refractivity (Wildman–Crippen MR) is 81.9 cm³/mol. The van der Waals surface area contributed by atoms with E-state index in [-0.39, 0.29) is 5.91 Å². The normalized spacial score (nSPS) is 26.2. The van der Waals surface area contributed by atoms with Crippen molar-refractivity contribution in [3.63, 3.8) is 0 Å². The number of amides is 1. The number of nitrogens with one attached hydrogen (secondary N) is 1. The number of hydrogen-bond acceptors (Lipinski definition) is 3. The van der Waals surface area contributed by atoms with Crippen LogP contribution in [0.2, 0.25) is 0 Å². The molecule has 1 aromatic rings. The van der Waals surface area contributed by atoms with E-state index in [1.165, 1.54) is 11.3 Å². The number of aliphatic carboxylic acids is 1. The first kappa shape index (κ1) is 15.5. The Morgan fingerprint density at radius 2 is 2.25 bits per heavy atom. The highest BCUT2D eigenvalue weighted by Crippen LogP contribution is 2.34. The van der Waals surface area contributed by atoms with Gasteiger partial charge in [-0.15, -0.1) is 11.3 Å². The summed E-state index contributed by atoms with van der Waals surface area (Å²) < 4.78 is 0.993. The molecule has 0 aromatic carbocycles. The SMILES string of the molecule is CC1(NC(=O)Cc2ccc(Br)s2)CCCCC1C(=O)O. The fourth-order valence-corrected chi connectivity index (χ4v) is 4.33. The lowest BCUT2D eigenvalue weighted by atomic mass is 9.74. The van der Waals surface area contributed by atoms with E-state index in [1.54, 1.807) is 0 Å². The minimum absolute atomic E-state index is 0.102. The van der Waals surface area contributed by atoms with Crippen LogP contribution in [0.5, 0.6) is 0 Å². The highest BCUT2D eigenvalue weighted by atomic mass is 79.9. The van der Waals surface area contributed by atoms with E-state index >= 15 is 0 Å². The van der Waals surface area contributed by atoms with Gasteiger partial charge in [0.1, 0.15) is 0 Å². The molecular formula is C14H18BrNO3S. The zero-order valence-corrected chi connectivity index (χ0v) is 13.7. The maximum absolute atomic E-state index is 12.2. The average Bonchev–Trinajstić information content (AvgIpc) is 2.73. The molecule has 0 saturated heterocycles. The van der Waals surface area contributed by atoms with Gasteiger partial charge in [-0.3, -0.25) is 9.59 Å². The van der Waals surface area contributed by atoms with E-state index in [1.807, 2.05) is 19.1 Å². The van der Waals surface area contributed by atoms with Gasteiger partial charge in [0, 0.05) is 4.88 Å². The number of carboxylic acids is 1. The third kappa shape index (κ3) is 3.61. The van der Waals surface area contributed by atoms with E-state index < -0.39 is 17.4 Å². The van der Waals surface area contributed by atoms with Crippen LogP contribution in [-0.2, 0) is 16.0 Å². The minimum Gasteiger partial charge on any atom is -0.481 e. The van der Waals surface area contributed by atoms with Gasteiger partial charge < -0.3 is 10.4 Å². The summed E-state index contributed by atoms with van der Waals surface area (Å²) in [6, 6.07) is 3.82. The van der Waals surface area contributed by atoms with Crippen LogP contribution in [-0.4, -0.2) is 22.5 Å². The van der Waals surface area contributed by atoms with Crippen LogP contribution in [0.3, 0.4) is 0 Å². The Kier molecular flexibility index (Phi) is 4.86. The van der Waals surface area contributed by atoms with Crippen molar-refractivity contribution in [1.82, 2.24) is 5.32 Å². The largest absolute Gasteiger partial charge is 0.481 e. The van der Waals surface area contributed by atoms with Crippen molar-refractivity contribution in [2.75, 3.05) is 0 Å². The molecule has 2 atom stereocenters. The molecule has 1 amide bonds. The second-order valence-corrected chi connectivity index (χ2v) is 8.03. The fraction of sp³-hybridized carbons (Fsp3) is 0.571. The van der Waals surface area contributed by atoms with Crippen LogP contribution in [0.25, 0.3) is 0 Å². The van der Waals surface area contributed by atoms with Gasteiger partial charge in [0.05, 0.1) is 21.7 Å². The van der Waals surface area contributed by atoms with E-state index in [0.717, 1.165) is 27.9 Å². The summed E-state index contributed by atoms with van der Waals surface area (Å²) >= 11 is 4.89. The number of thiophene rings is 1. The summed E-state index contributed by atoms with van der Waals surface area (Å²) in [6.07, 6.45) is 3.55. The Morgan fingerprint density at radius 3 is 2.85 bits per heavy atom. The zero-order valence-electron chi connectivity index (χ0n) is 11.3. The molecule has 0 radical (unpaired) electrons. The summed E-state index contributed by atoms with van der Waals surface area (Å²) in [5.74, 6) is -1.41. The fourth-order valence-electron chi connectivity index (χ4n) is 2.85. The Bertz CT molecular complexity index is 516. The molecule has 2 N–H and O–H groups in total. The monoisotopic (exact) mass is 359 g/mol. The number of hydrogen-bond donors (Lipinski definition) is 2. The Labute approximate surface area is 130 Å². The molecule has 2 unspecified atom stereocenters. The Hall–Kier alpha value is -0.880. The number of carboxylic acid groups (broad SMARTS) is 1. The molecule has 20 heavy (non-hydrogen) atoms. The van der Waals surface area contributed by atoms with Crippen molar-refractivity contribution >= 4 is 39.1 Å². The van der Waals surface area contributed by atoms with Crippen LogP contribution in [0.4, 0.5) is 0 Å². The van der Waals surface area contributed by atoms with Crippen molar-refractivity contribution in [2.45, 2.75) is 44.6 Å². The van der Waals surface area contributed by atoms with Crippen molar-refractivity contribution in [1.29, 1.82) is 0 Å². The number of rotatable bonds is 4. The van der Waals surface area contributed by atoms with Gasteiger partial charge in [-0.25, -0.2) is 0 Å². The molecule has 1 fully saturated rings. The smallest absolute Gasteiger partial charge is 0.308 e. The van der Waals surface area contributed by atoms with Crippen molar-refractivity contribution < 1.29 is 14.7 Å². The van der Waals surface area contributed by atoms with Gasteiger partial charge in [-0.1, -0.05) is 12.8 Å². The van der Waals surface area contributed by atoms with E-state index in [2.05, 4.69) is 21.2 Å². The second kappa shape index (κ2) is 6.26. The predicted octanol–water partition coefficient (Wildman–Crippen LogP) is 3.20. The summed E-state index contributed by atoms with van der Waals surface area (Å²) in [6.45, 7) is 1.85. The Balaban J connectivity index is 2.02. The lowest BCUT2D eigenvalue weighted by Crippen LogP contribution is -2.55. The number of carbonyl (C=O) groups excluding carboxylic acids is 1. The minimum atomic E-state index is -0.814. The summed E-state index contributed by atoms with van der Waals surface area (Å²) in [5, 5.41) is 12.3. The lowest BCUT2D eigenvalue weighted by molar-refractivity contribution is -0.146. The molecule has 4 nitrogen and oxygen atoms in total. The third-order valence-electron chi connectivity index (χ3n) is 3.89. The topological polar surface area (TPSA) is 66.4 Å². The molecule has 1 aliphatic rings. The molecule has 1 heterocycles. The standard InChI is InChI=1S/C14H18BrNO3S/c1-14(7-3-2-4-10(14)13(18)19)16-12(17)8-9-5-6-11(15)20-9/h5-6,10H,2-4,7-8H2,1H3,(H,16,17)(H,18,19). The molecule has 2 rings (SSSR count). The highest BCUT2D eigenvalue weighted by molar-refractivity contribution is 9.11. The average molecular weight is 360 g/mol. The molecule has 1 saturated carbocycles. The van der Waals surface area contributed by atoms with Crippen LogP contribution < -0.4 is 5.32 Å². The van der Waals surface area contributed by atoms with E-state index in [4.69, 9.17) is 0 Å². The van der Waals surface area contributed by atoms with Crippen LogP contribution in [0.1, 0.15) is 37.5 Å². The van der Waals surface area contributed by atoms with Gasteiger partial charge in [-0.05, 0) is 47.8 Å². The van der Waals surface area contributed by atoms with Gasteiger partial charge in [0.25, 0.3) is 0 Å². The lowest BCUT2D eigenvalue weighted by Gasteiger charge is -2.39. The molecule has 0 bridgehead atoms. The highest BCUT2D eigenvalue weighted by Gasteiger charge is 2.42. The van der Waals surface area contributed by atoms with Crippen molar-refractivity contribution in [3.8, 4) is 0 Å². The first-order valence-corrected chi connectivity index (χ1v) is 8.30. The quantitative estimate of drug-likeness (QED) is 0.867. The molecule has 1 aliphatic carbocycles. The summed E-state index contributed by atoms with van der Waals surface area (Å²) in [5.41, 5.74) is -0.629. The van der Waals surface area contributed by atoms with Gasteiger partial charge in [0.15, 0.2) is 0 Å². The third-order valence-corrected chi connectivity index (χ3v) is 5.52. The maximum atomic E-state index is 12.2. The molecule has 6 heteroatoms. The number of halogens is 1. The summed E-state index contributed by atoms with van der Waals surface area (Å²) in [7, 11) is 0. The first-order chi connectivity index (χ1) is 9.40. The van der Waals surface area contributed by atoms with Crippen LogP contribution >= 0.6 is 27.3 Å². The maximum Gasteiger partial charge on any atom is 0.308 e. The van der Waals surface area contributed by atoms with E-state index in [0.29, 0.717) is 12.8 Å². The first-order valence-electron chi connectivity index (χ1n) is 6.69. The molecule has 0 aliphatic heterocycles. The van der Waals surface area contributed by atoms with Crippen molar-refractivity contribution in [3.05, 3.63) is 20.8 Å².